The third-order valence-electron chi connectivity index (χ3n) is 4.42. The number of aryl methyl sites for hydroxylation is 1. The van der Waals surface area contributed by atoms with Crippen molar-refractivity contribution in [1.82, 2.24) is 9.88 Å². The van der Waals surface area contributed by atoms with Crippen LogP contribution >= 0.6 is 11.3 Å². The summed E-state index contributed by atoms with van der Waals surface area (Å²) >= 11 is 1.38. The van der Waals surface area contributed by atoms with Crippen molar-refractivity contribution in [2.75, 3.05) is 25.0 Å². The van der Waals surface area contributed by atoms with Gasteiger partial charge in [-0.1, -0.05) is 6.07 Å². The number of carbonyl (C=O) groups is 1. The summed E-state index contributed by atoms with van der Waals surface area (Å²) in [5, 5.41) is 12.1. The van der Waals surface area contributed by atoms with Crippen LogP contribution in [0.5, 0.6) is 11.5 Å². The van der Waals surface area contributed by atoms with E-state index in [0.717, 1.165) is 4.88 Å². The maximum absolute atomic E-state index is 12.4. The molecule has 1 aromatic carbocycles. The van der Waals surface area contributed by atoms with Crippen LogP contribution in [0.3, 0.4) is 0 Å². The molecule has 11 heteroatoms. The van der Waals surface area contributed by atoms with Gasteiger partial charge >= 0.3 is 12.4 Å². The fraction of sp³-hybridized carbons (Fsp3) is 0.474. The highest BCUT2D eigenvalue weighted by atomic mass is 32.1. The number of nitrogens with zero attached hydrogens (tertiary/aromatic N) is 2. The molecule has 7 nitrogen and oxygen atoms in total. The average Bonchev–Trinajstić information content (AvgIpc) is 3.13. The number of urea groups is 1. The molecular formula is C19H22F3N3O4S. The number of amides is 2. The molecule has 0 spiro atoms. The summed E-state index contributed by atoms with van der Waals surface area (Å²) in [4.78, 5) is 19.2. The van der Waals surface area contributed by atoms with E-state index in [1.54, 1.807) is 17.2 Å². The number of carbonyl (C=O) groups excluding carboxylic acids is 1. The van der Waals surface area contributed by atoms with Crippen molar-refractivity contribution in [2.45, 2.75) is 38.1 Å². The van der Waals surface area contributed by atoms with E-state index >= 15 is 0 Å². The van der Waals surface area contributed by atoms with Crippen LogP contribution < -0.4 is 14.8 Å². The van der Waals surface area contributed by atoms with E-state index in [4.69, 9.17) is 9.84 Å². The fourth-order valence-electron chi connectivity index (χ4n) is 3.02. The van der Waals surface area contributed by atoms with Gasteiger partial charge in [-0.3, -0.25) is 5.32 Å². The molecule has 2 N–H and O–H groups in total. The second-order valence-electron chi connectivity index (χ2n) is 6.72. The molecule has 1 saturated heterocycles. The SMILES string of the molecule is O=C(Nc1ncc(CCCO)s1)N1CCC(Oc2cccc(OC(F)(F)F)c2)CC1. The van der Waals surface area contributed by atoms with E-state index in [-0.39, 0.29) is 30.2 Å². The van der Waals surface area contributed by atoms with Crippen LogP contribution in [0.25, 0.3) is 0 Å². The summed E-state index contributed by atoms with van der Waals surface area (Å²) in [7, 11) is 0. The second-order valence-corrected chi connectivity index (χ2v) is 7.83. The van der Waals surface area contributed by atoms with Crippen LogP contribution in [0.1, 0.15) is 24.1 Å². The number of alkyl halides is 3. The van der Waals surface area contributed by atoms with Gasteiger partial charge in [0.1, 0.15) is 17.6 Å². The number of halogens is 3. The van der Waals surface area contributed by atoms with Gasteiger partial charge in [-0.25, -0.2) is 9.78 Å². The van der Waals surface area contributed by atoms with Gasteiger partial charge < -0.3 is 19.5 Å². The Hall–Kier alpha value is -2.53. The van der Waals surface area contributed by atoms with Gasteiger partial charge in [0.05, 0.1) is 0 Å². The lowest BCUT2D eigenvalue weighted by Crippen LogP contribution is -2.43. The van der Waals surface area contributed by atoms with E-state index in [2.05, 4.69) is 15.0 Å². The largest absolute Gasteiger partial charge is 0.573 e. The molecule has 3 rings (SSSR count). The Labute approximate surface area is 175 Å². The summed E-state index contributed by atoms with van der Waals surface area (Å²) in [5.74, 6) is -0.0449. The third-order valence-corrected chi connectivity index (χ3v) is 5.39. The first-order valence-electron chi connectivity index (χ1n) is 9.46. The number of likely N-dealkylation sites (tertiary alicyclic amines) is 1. The number of hydrogen-bond acceptors (Lipinski definition) is 6. The highest BCUT2D eigenvalue weighted by Gasteiger charge is 2.31. The molecule has 30 heavy (non-hydrogen) atoms. The minimum absolute atomic E-state index is 0.107. The Morgan fingerprint density at radius 2 is 2.03 bits per heavy atom. The van der Waals surface area contributed by atoms with Crippen molar-refractivity contribution in [3.63, 3.8) is 0 Å². The number of nitrogens with one attached hydrogen (secondary N) is 1. The van der Waals surface area contributed by atoms with Crippen molar-refractivity contribution in [3.8, 4) is 11.5 Å². The standard InChI is InChI=1S/C19H22F3N3O4S/c20-19(21,22)29-15-4-1-3-14(11-15)28-13-6-8-25(9-7-13)18(27)24-17-23-12-16(30-17)5-2-10-26/h1,3-4,11-13,26H,2,5-10H2,(H,23,24,27). The van der Waals surface area contributed by atoms with E-state index in [1.807, 2.05) is 0 Å². The molecule has 1 aliphatic heterocycles. The van der Waals surface area contributed by atoms with Crippen LogP contribution in [0, 0.1) is 0 Å². The molecule has 0 saturated carbocycles. The van der Waals surface area contributed by atoms with Crippen molar-refractivity contribution in [1.29, 1.82) is 0 Å². The van der Waals surface area contributed by atoms with Crippen molar-refractivity contribution < 1.29 is 32.5 Å². The van der Waals surface area contributed by atoms with E-state index in [9.17, 15) is 18.0 Å². The fourth-order valence-corrected chi connectivity index (χ4v) is 3.86. The number of ether oxygens (including phenoxy) is 2. The second kappa shape index (κ2) is 9.98. The average molecular weight is 445 g/mol. The minimum Gasteiger partial charge on any atom is -0.490 e. The highest BCUT2D eigenvalue weighted by molar-refractivity contribution is 7.15. The summed E-state index contributed by atoms with van der Waals surface area (Å²) < 4.78 is 46.7. The lowest BCUT2D eigenvalue weighted by atomic mass is 10.1. The molecule has 1 aromatic heterocycles. The molecule has 1 fully saturated rings. The van der Waals surface area contributed by atoms with Crippen LogP contribution in [0.4, 0.5) is 23.1 Å². The Morgan fingerprint density at radius 3 is 2.73 bits per heavy atom. The van der Waals surface area contributed by atoms with Gasteiger partial charge in [0.25, 0.3) is 0 Å². The van der Waals surface area contributed by atoms with Crippen LogP contribution in [-0.2, 0) is 6.42 Å². The first-order valence-corrected chi connectivity index (χ1v) is 10.3. The third kappa shape index (κ3) is 6.77. The van der Waals surface area contributed by atoms with E-state index < -0.39 is 6.36 Å². The Morgan fingerprint density at radius 1 is 1.30 bits per heavy atom. The number of aliphatic hydroxyl groups is 1. The lowest BCUT2D eigenvalue weighted by molar-refractivity contribution is -0.274. The van der Waals surface area contributed by atoms with Gasteiger partial charge in [0.15, 0.2) is 5.13 Å². The van der Waals surface area contributed by atoms with Gasteiger partial charge in [0.2, 0.25) is 0 Å². The quantitative estimate of drug-likeness (QED) is 0.672. The van der Waals surface area contributed by atoms with Gasteiger partial charge in [-0.05, 0) is 25.0 Å². The number of aliphatic hydroxyl groups excluding tert-OH is 1. The summed E-state index contributed by atoms with van der Waals surface area (Å²) in [6.07, 6.45) is -0.813. The number of piperidine rings is 1. The molecule has 0 atom stereocenters. The molecule has 164 valence electrons. The maximum atomic E-state index is 12.4. The summed E-state index contributed by atoms with van der Waals surface area (Å²) in [6, 6.07) is 5.16. The smallest absolute Gasteiger partial charge is 0.490 e. The first kappa shape index (κ1) is 22.2. The van der Waals surface area contributed by atoms with E-state index in [0.29, 0.717) is 43.9 Å². The zero-order valence-corrected chi connectivity index (χ0v) is 16.8. The predicted octanol–water partition coefficient (Wildman–Crippen LogP) is 4.04. The lowest BCUT2D eigenvalue weighted by Gasteiger charge is -2.32. The molecule has 2 aromatic rings. The van der Waals surface area contributed by atoms with Crippen molar-refractivity contribution >= 4 is 22.5 Å². The van der Waals surface area contributed by atoms with Gasteiger partial charge in [-0.2, -0.15) is 0 Å². The highest BCUT2D eigenvalue weighted by Crippen LogP contribution is 2.28. The number of hydrogen-bond donors (Lipinski definition) is 2. The Bertz CT molecular complexity index is 838. The predicted molar refractivity (Wildman–Crippen MR) is 105 cm³/mol. The zero-order valence-electron chi connectivity index (χ0n) is 16.0. The molecule has 1 aliphatic rings. The number of benzene rings is 1. The molecule has 0 bridgehead atoms. The van der Waals surface area contributed by atoms with Gasteiger partial charge in [0, 0.05) is 49.7 Å². The van der Waals surface area contributed by atoms with Crippen LogP contribution in [0.15, 0.2) is 30.5 Å². The first-order chi connectivity index (χ1) is 14.3. The topological polar surface area (TPSA) is 83.9 Å². The Balaban J connectivity index is 1.46. The Kier molecular flexibility index (Phi) is 7.38. The molecule has 0 aliphatic carbocycles. The van der Waals surface area contributed by atoms with Crippen LogP contribution in [-0.4, -0.2) is 53.2 Å². The number of thiazole rings is 1. The summed E-state index contributed by atoms with van der Waals surface area (Å²) in [6.45, 7) is 1.02. The molecular weight excluding hydrogens is 423 g/mol. The minimum atomic E-state index is -4.76. The molecule has 2 amide bonds. The molecule has 0 radical (unpaired) electrons. The molecule has 0 unspecified atom stereocenters. The monoisotopic (exact) mass is 445 g/mol. The normalized spacial score (nSPS) is 15.1. The number of rotatable bonds is 7. The zero-order chi connectivity index (χ0) is 21.6. The van der Waals surface area contributed by atoms with Crippen LogP contribution in [0.2, 0.25) is 0 Å². The maximum Gasteiger partial charge on any atom is 0.573 e. The summed E-state index contributed by atoms with van der Waals surface area (Å²) in [5.41, 5.74) is 0. The number of aromatic nitrogens is 1. The van der Waals surface area contributed by atoms with Crippen molar-refractivity contribution in [2.24, 2.45) is 0 Å². The van der Waals surface area contributed by atoms with Crippen molar-refractivity contribution in [3.05, 3.63) is 35.3 Å². The van der Waals surface area contributed by atoms with E-state index in [1.165, 1.54) is 29.5 Å². The number of anilines is 1. The molecule has 2 heterocycles. The van der Waals surface area contributed by atoms with Gasteiger partial charge in [-0.15, -0.1) is 24.5 Å².